The standard InChI is InChI=1S/C7H16S2/c1-6(9-8-5)7(2,3)4/h6H,1-5H3. The van der Waals surface area contributed by atoms with E-state index in [9.17, 15) is 0 Å². The van der Waals surface area contributed by atoms with Gasteiger partial charge in [-0.2, -0.15) is 0 Å². The van der Waals surface area contributed by atoms with E-state index in [0.29, 0.717) is 5.41 Å². The molecule has 0 aromatic rings. The lowest BCUT2D eigenvalue weighted by molar-refractivity contribution is 0.412. The Labute approximate surface area is 66.6 Å². The maximum Gasteiger partial charge on any atom is 0.0171 e. The lowest BCUT2D eigenvalue weighted by Crippen LogP contribution is -2.18. The van der Waals surface area contributed by atoms with Crippen LogP contribution in [0.15, 0.2) is 0 Å². The molecule has 0 aromatic carbocycles. The molecule has 9 heavy (non-hydrogen) atoms. The number of hydrogen-bond acceptors (Lipinski definition) is 2. The van der Waals surface area contributed by atoms with Crippen LogP contribution in [0.5, 0.6) is 0 Å². The molecule has 0 amide bonds. The lowest BCUT2D eigenvalue weighted by atomic mass is 9.93. The Bertz CT molecular complexity index is 73.5. The molecule has 56 valence electrons. The minimum Gasteiger partial charge on any atom is -0.0973 e. The van der Waals surface area contributed by atoms with E-state index < -0.39 is 0 Å². The molecule has 0 aliphatic rings. The molecule has 0 aromatic heterocycles. The SMILES string of the molecule is CSSC(C)C(C)(C)C. The average Bonchev–Trinajstić information content (AvgIpc) is 1.64. The van der Waals surface area contributed by atoms with Gasteiger partial charge in [-0.1, -0.05) is 49.3 Å². The first-order chi connectivity index (χ1) is 3.98. The van der Waals surface area contributed by atoms with Crippen molar-refractivity contribution in [3.8, 4) is 0 Å². The zero-order valence-corrected chi connectivity index (χ0v) is 8.53. The Morgan fingerprint density at radius 1 is 1.22 bits per heavy atom. The van der Waals surface area contributed by atoms with Gasteiger partial charge >= 0.3 is 0 Å². The molecule has 2 heteroatoms. The van der Waals surface area contributed by atoms with Crippen LogP contribution in [0.4, 0.5) is 0 Å². The predicted molar refractivity (Wildman–Crippen MR) is 50.0 cm³/mol. The third kappa shape index (κ3) is 4.15. The number of rotatable bonds is 2. The van der Waals surface area contributed by atoms with Crippen LogP contribution in [-0.4, -0.2) is 11.5 Å². The summed E-state index contributed by atoms with van der Waals surface area (Å²) in [7, 11) is 3.81. The van der Waals surface area contributed by atoms with E-state index in [0.717, 1.165) is 5.25 Å². The fourth-order valence-electron chi connectivity index (χ4n) is 0.289. The van der Waals surface area contributed by atoms with E-state index in [2.05, 4.69) is 34.0 Å². The van der Waals surface area contributed by atoms with Gasteiger partial charge in [0.1, 0.15) is 0 Å². The van der Waals surface area contributed by atoms with Gasteiger partial charge in [0.15, 0.2) is 0 Å². The topological polar surface area (TPSA) is 0 Å². The van der Waals surface area contributed by atoms with E-state index in [1.54, 1.807) is 0 Å². The third-order valence-corrected chi connectivity index (χ3v) is 4.09. The van der Waals surface area contributed by atoms with Gasteiger partial charge in [0.25, 0.3) is 0 Å². The molecule has 0 spiro atoms. The molecule has 0 saturated heterocycles. The second-order valence-electron chi connectivity index (χ2n) is 3.27. The fourth-order valence-corrected chi connectivity index (χ4v) is 2.60. The van der Waals surface area contributed by atoms with Crippen molar-refractivity contribution in [2.75, 3.05) is 6.26 Å². The zero-order valence-electron chi connectivity index (χ0n) is 6.89. The maximum atomic E-state index is 2.28. The first kappa shape index (κ1) is 9.70. The second-order valence-corrected chi connectivity index (χ2v) is 6.08. The Morgan fingerprint density at radius 2 is 1.67 bits per heavy atom. The van der Waals surface area contributed by atoms with Crippen molar-refractivity contribution >= 4 is 21.6 Å². The minimum atomic E-state index is 0.452. The van der Waals surface area contributed by atoms with Crippen molar-refractivity contribution in [2.24, 2.45) is 5.41 Å². The summed E-state index contributed by atoms with van der Waals surface area (Å²) >= 11 is 0. The first-order valence-electron chi connectivity index (χ1n) is 3.18. The molecule has 0 bridgehead atoms. The van der Waals surface area contributed by atoms with Crippen molar-refractivity contribution in [1.82, 2.24) is 0 Å². The summed E-state index contributed by atoms with van der Waals surface area (Å²) in [6.45, 7) is 9.11. The maximum absolute atomic E-state index is 2.28. The van der Waals surface area contributed by atoms with Crippen LogP contribution in [0.1, 0.15) is 27.7 Å². The Hall–Kier alpha value is 0.700. The molecule has 0 nitrogen and oxygen atoms in total. The molecule has 0 fully saturated rings. The highest BCUT2D eigenvalue weighted by Crippen LogP contribution is 2.35. The van der Waals surface area contributed by atoms with Gasteiger partial charge in [0.05, 0.1) is 0 Å². The minimum absolute atomic E-state index is 0.452. The fraction of sp³-hybridized carbons (Fsp3) is 1.00. The quantitative estimate of drug-likeness (QED) is 0.573. The van der Waals surface area contributed by atoms with Gasteiger partial charge < -0.3 is 0 Å². The van der Waals surface area contributed by atoms with Crippen LogP contribution in [0.3, 0.4) is 0 Å². The van der Waals surface area contributed by atoms with Crippen LogP contribution < -0.4 is 0 Å². The van der Waals surface area contributed by atoms with E-state index >= 15 is 0 Å². The van der Waals surface area contributed by atoms with E-state index in [4.69, 9.17) is 0 Å². The van der Waals surface area contributed by atoms with Crippen molar-refractivity contribution in [2.45, 2.75) is 32.9 Å². The van der Waals surface area contributed by atoms with Gasteiger partial charge in [0, 0.05) is 5.25 Å². The zero-order chi connectivity index (χ0) is 7.49. The van der Waals surface area contributed by atoms with Crippen LogP contribution >= 0.6 is 21.6 Å². The molecular weight excluding hydrogens is 148 g/mol. The first-order valence-corrected chi connectivity index (χ1v) is 5.80. The molecule has 0 N–H and O–H groups in total. The van der Waals surface area contributed by atoms with E-state index in [-0.39, 0.29) is 0 Å². The van der Waals surface area contributed by atoms with Crippen molar-refractivity contribution < 1.29 is 0 Å². The summed E-state index contributed by atoms with van der Waals surface area (Å²) in [5.41, 5.74) is 0.452. The summed E-state index contributed by atoms with van der Waals surface area (Å²) in [4.78, 5) is 0. The third-order valence-electron chi connectivity index (χ3n) is 1.46. The smallest absolute Gasteiger partial charge is 0.0171 e. The molecule has 0 saturated carbocycles. The highest BCUT2D eigenvalue weighted by Gasteiger charge is 2.19. The molecule has 0 heterocycles. The van der Waals surface area contributed by atoms with Crippen molar-refractivity contribution in [3.63, 3.8) is 0 Å². The van der Waals surface area contributed by atoms with Gasteiger partial charge in [-0.25, -0.2) is 0 Å². The average molecular weight is 164 g/mol. The predicted octanol–water partition coefficient (Wildman–Crippen LogP) is 3.43. The summed E-state index contributed by atoms with van der Waals surface area (Å²) in [5, 5.41) is 0.743. The molecule has 0 aliphatic carbocycles. The highest BCUT2D eigenvalue weighted by atomic mass is 33.1. The van der Waals surface area contributed by atoms with Crippen LogP contribution in [0, 0.1) is 5.41 Å². The highest BCUT2D eigenvalue weighted by molar-refractivity contribution is 8.76. The van der Waals surface area contributed by atoms with Gasteiger partial charge in [-0.3, -0.25) is 0 Å². The largest absolute Gasteiger partial charge is 0.0973 e. The lowest BCUT2D eigenvalue weighted by Gasteiger charge is -2.25. The van der Waals surface area contributed by atoms with Crippen molar-refractivity contribution in [3.05, 3.63) is 0 Å². The van der Waals surface area contributed by atoms with Crippen LogP contribution in [-0.2, 0) is 0 Å². The number of hydrogen-bond donors (Lipinski definition) is 0. The van der Waals surface area contributed by atoms with E-state index in [1.807, 2.05) is 21.6 Å². The Morgan fingerprint density at radius 3 is 1.78 bits per heavy atom. The van der Waals surface area contributed by atoms with Crippen LogP contribution in [0.25, 0.3) is 0 Å². The molecule has 0 aliphatic heterocycles. The molecule has 0 radical (unpaired) electrons. The molecule has 0 rings (SSSR count). The summed E-state index contributed by atoms with van der Waals surface area (Å²) in [6.07, 6.45) is 2.13. The second kappa shape index (κ2) is 3.77. The van der Waals surface area contributed by atoms with Gasteiger partial charge in [-0.05, 0) is 11.7 Å². The van der Waals surface area contributed by atoms with E-state index in [1.165, 1.54) is 0 Å². The molecule has 1 atom stereocenters. The normalized spacial score (nSPS) is 15.7. The molecular formula is C7H16S2. The Kier molecular flexibility index (Phi) is 4.06. The van der Waals surface area contributed by atoms with Crippen molar-refractivity contribution in [1.29, 1.82) is 0 Å². The summed E-state index contributed by atoms with van der Waals surface area (Å²) in [6, 6.07) is 0. The van der Waals surface area contributed by atoms with Gasteiger partial charge in [0.2, 0.25) is 0 Å². The summed E-state index contributed by atoms with van der Waals surface area (Å²) in [5.74, 6) is 0. The molecule has 1 unspecified atom stereocenters. The monoisotopic (exact) mass is 164 g/mol. The van der Waals surface area contributed by atoms with Crippen LogP contribution in [0.2, 0.25) is 0 Å². The summed E-state index contributed by atoms with van der Waals surface area (Å²) < 4.78 is 0. The van der Waals surface area contributed by atoms with Gasteiger partial charge in [-0.15, -0.1) is 0 Å². The Balaban J connectivity index is 3.59.